The van der Waals surface area contributed by atoms with Crippen LogP contribution in [0.3, 0.4) is 0 Å². The molecule has 23 heavy (non-hydrogen) atoms. The van der Waals surface area contributed by atoms with Gasteiger partial charge in [-0.05, 0) is 35.9 Å². The number of rotatable bonds is 3. The fourth-order valence-corrected chi connectivity index (χ4v) is 2.64. The van der Waals surface area contributed by atoms with Gasteiger partial charge in [-0.2, -0.15) is 0 Å². The van der Waals surface area contributed by atoms with Gasteiger partial charge in [0, 0.05) is 21.2 Å². The fourth-order valence-electron chi connectivity index (χ4n) is 2.25. The van der Waals surface area contributed by atoms with Crippen LogP contribution in [-0.2, 0) is 0 Å². The summed E-state index contributed by atoms with van der Waals surface area (Å²) >= 11 is 12.3. The summed E-state index contributed by atoms with van der Waals surface area (Å²) in [6.07, 6.45) is 0. The third-order valence-corrected chi connectivity index (χ3v) is 3.99. The van der Waals surface area contributed by atoms with Crippen molar-refractivity contribution in [1.29, 1.82) is 0 Å². The van der Waals surface area contributed by atoms with Gasteiger partial charge in [0.1, 0.15) is 5.84 Å². The lowest BCUT2D eigenvalue weighted by molar-refractivity contribution is 1.45. The first-order valence-electron chi connectivity index (χ1n) is 7.08. The van der Waals surface area contributed by atoms with Crippen molar-refractivity contribution >= 4 is 34.7 Å². The van der Waals surface area contributed by atoms with Gasteiger partial charge in [-0.15, -0.1) is 0 Å². The molecule has 3 aromatic carbocycles. The van der Waals surface area contributed by atoms with Crippen molar-refractivity contribution in [2.24, 2.45) is 10.7 Å². The molecule has 0 fully saturated rings. The molecule has 0 aliphatic heterocycles. The Labute approximate surface area is 145 Å². The second-order valence-electron chi connectivity index (χ2n) is 5.03. The summed E-state index contributed by atoms with van der Waals surface area (Å²) < 4.78 is 0. The van der Waals surface area contributed by atoms with Crippen molar-refractivity contribution < 1.29 is 0 Å². The molecule has 0 unspecified atom stereocenters. The van der Waals surface area contributed by atoms with Gasteiger partial charge < -0.3 is 5.73 Å². The predicted octanol–water partition coefficient (Wildman–Crippen LogP) is 5.70. The normalized spacial score (nSPS) is 11.5. The lowest BCUT2D eigenvalue weighted by Gasteiger charge is -2.07. The van der Waals surface area contributed by atoms with Gasteiger partial charge in [0.05, 0.1) is 5.69 Å². The number of nitrogens with zero attached hydrogens (tertiary/aromatic N) is 1. The third-order valence-electron chi connectivity index (χ3n) is 3.43. The molecule has 0 atom stereocenters. The van der Waals surface area contributed by atoms with Crippen LogP contribution in [0.1, 0.15) is 5.56 Å². The van der Waals surface area contributed by atoms with E-state index in [-0.39, 0.29) is 0 Å². The minimum Gasteiger partial charge on any atom is -0.383 e. The van der Waals surface area contributed by atoms with Crippen LogP contribution < -0.4 is 5.73 Å². The van der Waals surface area contributed by atoms with Gasteiger partial charge in [-0.1, -0.05) is 65.7 Å². The summed E-state index contributed by atoms with van der Waals surface area (Å²) in [5.74, 6) is 0.472. The lowest BCUT2D eigenvalue weighted by Crippen LogP contribution is -2.12. The van der Waals surface area contributed by atoms with E-state index < -0.39 is 0 Å². The topological polar surface area (TPSA) is 38.4 Å². The molecule has 0 amide bonds. The van der Waals surface area contributed by atoms with E-state index in [1.165, 1.54) is 0 Å². The molecule has 0 saturated carbocycles. The van der Waals surface area contributed by atoms with Gasteiger partial charge in [0.15, 0.2) is 0 Å². The van der Waals surface area contributed by atoms with Crippen molar-refractivity contribution in [3.8, 4) is 11.1 Å². The molecule has 0 radical (unpaired) electrons. The molecule has 0 bridgehead atoms. The standard InChI is InChI=1S/C19H14Cl2N2/c20-15-10-11-18(21)17(12-15)13-6-8-14(9-7-13)19(22)23-16-4-2-1-3-5-16/h1-12H,(H2,22,23). The molecular formula is C19H14Cl2N2. The van der Waals surface area contributed by atoms with Crippen molar-refractivity contribution in [3.63, 3.8) is 0 Å². The van der Waals surface area contributed by atoms with E-state index >= 15 is 0 Å². The average molecular weight is 341 g/mol. The fraction of sp³-hybridized carbons (Fsp3) is 0. The Morgan fingerprint density at radius 1 is 0.826 bits per heavy atom. The highest BCUT2D eigenvalue weighted by molar-refractivity contribution is 6.35. The van der Waals surface area contributed by atoms with E-state index in [0.717, 1.165) is 22.4 Å². The van der Waals surface area contributed by atoms with Crippen LogP contribution in [0.2, 0.25) is 10.0 Å². The molecule has 2 N–H and O–H groups in total. The molecule has 3 rings (SSSR count). The van der Waals surface area contributed by atoms with Gasteiger partial charge in [0.25, 0.3) is 0 Å². The first kappa shape index (κ1) is 15.6. The van der Waals surface area contributed by atoms with Crippen LogP contribution in [0.25, 0.3) is 11.1 Å². The van der Waals surface area contributed by atoms with Crippen molar-refractivity contribution in [2.75, 3.05) is 0 Å². The predicted molar refractivity (Wildman–Crippen MR) is 98.7 cm³/mol. The van der Waals surface area contributed by atoms with Crippen LogP contribution in [-0.4, -0.2) is 5.84 Å². The van der Waals surface area contributed by atoms with Crippen LogP contribution >= 0.6 is 23.2 Å². The molecule has 0 aliphatic rings. The van der Waals surface area contributed by atoms with Gasteiger partial charge >= 0.3 is 0 Å². The largest absolute Gasteiger partial charge is 0.383 e. The van der Waals surface area contributed by atoms with Crippen molar-refractivity contribution in [1.82, 2.24) is 0 Å². The second kappa shape index (κ2) is 6.86. The molecule has 4 heteroatoms. The summed E-state index contributed by atoms with van der Waals surface area (Å²) in [5.41, 5.74) is 9.63. The van der Waals surface area contributed by atoms with E-state index in [2.05, 4.69) is 4.99 Å². The van der Waals surface area contributed by atoms with Crippen LogP contribution in [0.5, 0.6) is 0 Å². The van der Waals surface area contributed by atoms with Crippen molar-refractivity contribution in [3.05, 3.63) is 88.4 Å². The molecule has 3 aromatic rings. The molecule has 114 valence electrons. The van der Waals surface area contributed by atoms with E-state index in [1.54, 1.807) is 12.1 Å². The van der Waals surface area contributed by atoms with E-state index in [1.807, 2.05) is 60.7 Å². The first-order chi connectivity index (χ1) is 11.1. The number of aliphatic imine (C=N–C) groups is 1. The number of amidine groups is 1. The molecule has 0 aromatic heterocycles. The summed E-state index contributed by atoms with van der Waals surface area (Å²) in [5, 5.41) is 1.31. The smallest absolute Gasteiger partial charge is 0.131 e. The Morgan fingerprint density at radius 2 is 1.52 bits per heavy atom. The van der Waals surface area contributed by atoms with Crippen LogP contribution in [0, 0.1) is 0 Å². The van der Waals surface area contributed by atoms with Gasteiger partial charge in [-0.3, -0.25) is 0 Å². The molecule has 0 spiro atoms. The summed E-state index contributed by atoms with van der Waals surface area (Å²) in [6.45, 7) is 0. The number of nitrogens with two attached hydrogens (primary N) is 1. The number of hydrogen-bond donors (Lipinski definition) is 1. The summed E-state index contributed by atoms with van der Waals surface area (Å²) in [7, 11) is 0. The maximum Gasteiger partial charge on any atom is 0.131 e. The Balaban J connectivity index is 1.90. The zero-order chi connectivity index (χ0) is 16.2. The molecule has 0 heterocycles. The third kappa shape index (κ3) is 3.73. The Hall–Kier alpha value is -2.29. The SMILES string of the molecule is NC(=Nc1ccccc1)c1ccc(-c2cc(Cl)ccc2Cl)cc1. The Kier molecular flexibility index (Phi) is 4.65. The molecule has 2 nitrogen and oxygen atoms in total. The monoisotopic (exact) mass is 340 g/mol. The molecule has 0 saturated heterocycles. The van der Waals surface area contributed by atoms with E-state index in [0.29, 0.717) is 15.9 Å². The summed E-state index contributed by atoms with van der Waals surface area (Å²) in [4.78, 5) is 4.41. The Bertz CT molecular complexity index is 841. The van der Waals surface area contributed by atoms with Gasteiger partial charge in [-0.25, -0.2) is 4.99 Å². The minimum absolute atomic E-state index is 0.472. The minimum atomic E-state index is 0.472. The number of hydrogen-bond acceptors (Lipinski definition) is 1. The highest BCUT2D eigenvalue weighted by Gasteiger charge is 2.06. The zero-order valence-electron chi connectivity index (χ0n) is 12.2. The quantitative estimate of drug-likeness (QED) is 0.482. The zero-order valence-corrected chi connectivity index (χ0v) is 13.7. The highest BCUT2D eigenvalue weighted by Crippen LogP contribution is 2.30. The van der Waals surface area contributed by atoms with Crippen molar-refractivity contribution in [2.45, 2.75) is 0 Å². The first-order valence-corrected chi connectivity index (χ1v) is 7.84. The number of benzene rings is 3. The maximum atomic E-state index is 6.23. The highest BCUT2D eigenvalue weighted by atomic mass is 35.5. The lowest BCUT2D eigenvalue weighted by atomic mass is 10.0. The Morgan fingerprint density at radius 3 is 2.22 bits per heavy atom. The number of para-hydroxylation sites is 1. The van der Waals surface area contributed by atoms with Gasteiger partial charge in [0.2, 0.25) is 0 Å². The van der Waals surface area contributed by atoms with Crippen LogP contribution in [0.15, 0.2) is 77.8 Å². The van der Waals surface area contributed by atoms with E-state index in [9.17, 15) is 0 Å². The second-order valence-corrected chi connectivity index (χ2v) is 5.88. The summed E-state index contributed by atoms with van der Waals surface area (Å²) in [6, 6.07) is 22.8. The van der Waals surface area contributed by atoms with Crippen LogP contribution in [0.4, 0.5) is 5.69 Å². The molecular weight excluding hydrogens is 327 g/mol. The molecule has 0 aliphatic carbocycles. The average Bonchev–Trinajstić information content (AvgIpc) is 2.58. The van der Waals surface area contributed by atoms with E-state index in [4.69, 9.17) is 28.9 Å². The number of halogens is 2. The maximum absolute atomic E-state index is 6.23.